The minimum absolute atomic E-state index is 0.135. The molecule has 0 bridgehead atoms. The standard InChI is InChI=1S/C21H23FN6O3/c1-2-18(29)13-9-24-20(30)19-15-11-27(6-5-17(15)26-28(19)10-13)21(31)25-14-3-4-16(22)12(7-14)8-23/h3-4,7,13,18,29H,2,5-6,9-11H2,1H3,(H,24,30)(H,25,31)/t13-,18?/m1/s1. The molecule has 2 aromatic rings. The molecule has 2 aliphatic rings. The highest BCUT2D eigenvalue weighted by atomic mass is 19.1. The first-order valence-electron chi connectivity index (χ1n) is 10.2. The molecule has 2 atom stereocenters. The van der Waals surface area contributed by atoms with Crippen LogP contribution in [0.1, 0.15) is 40.7 Å². The van der Waals surface area contributed by atoms with Crippen molar-refractivity contribution in [2.24, 2.45) is 5.92 Å². The second-order valence-corrected chi connectivity index (χ2v) is 7.81. The molecule has 3 amide bonds. The van der Waals surface area contributed by atoms with Crippen molar-refractivity contribution in [3.05, 3.63) is 46.5 Å². The van der Waals surface area contributed by atoms with Crippen LogP contribution in [-0.2, 0) is 19.5 Å². The third-order valence-electron chi connectivity index (χ3n) is 5.84. The Labute approximate surface area is 178 Å². The summed E-state index contributed by atoms with van der Waals surface area (Å²) in [7, 11) is 0. The van der Waals surface area contributed by atoms with Gasteiger partial charge in [0.2, 0.25) is 0 Å². The van der Waals surface area contributed by atoms with Crippen molar-refractivity contribution >= 4 is 17.6 Å². The van der Waals surface area contributed by atoms with Gasteiger partial charge in [-0.05, 0) is 24.6 Å². The smallest absolute Gasteiger partial charge is 0.322 e. The average Bonchev–Trinajstić information content (AvgIpc) is 3.05. The Hall–Kier alpha value is -3.45. The number of aliphatic hydroxyl groups excluding tert-OH is 1. The number of aromatic nitrogens is 2. The number of aliphatic hydroxyl groups is 1. The second kappa shape index (κ2) is 8.35. The first-order chi connectivity index (χ1) is 14.9. The summed E-state index contributed by atoms with van der Waals surface area (Å²) in [5, 5.41) is 29.3. The van der Waals surface area contributed by atoms with Gasteiger partial charge in [0.25, 0.3) is 5.91 Å². The maximum absolute atomic E-state index is 13.5. The third-order valence-corrected chi connectivity index (χ3v) is 5.84. The second-order valence-electron chi connectivity index (χ2n) is 7.81. The van der Waals surface area contributed by atoms with Crippen LogP contribution in [0.15, 0.2) is 18.2 Å². The van der Waals surface area contributed by atoms with E-state index < -0.39 is 18.0 Å². The molecule has 1 aromatic carbocycles. The predicted octanol–water partition coefficient (Wildman–Crippen LogP) is 1.61. The first-order valence-corrected chi connectivity index (χ1v) is 10.2. The molecule has 1 unspecified atom stereocenters. The lowest BCUT2D eigenvalue weighted by Crippen LogP contribution is -2.39. The van der Waals surface area contributed by atoms with Gasteiger partial charge in [-0.25, -0.2) is 9.18 Å². The number of carbonyl (C=O) groups is 2. The zero-order valence-corrected chi connectivity index (χ0v) is 17.1. The maximum atomic E-state index is 13.5. The Morgan fingerprint density at radius 3 is 3.06 bits per heavy atom. The number of benzene rings is 1. The normalized spacial score (nSPS) is 18.8. The Balaban J connectivity index is 1.54. The van der Waals surface area contributed by atoms with Crippen molar-refractivity contribution in [3.63, 3.8) is 0 Å². The van der Waals surface area contributed by atoms with Gasteiger partial charge in [0.15, 0.2) is 0 Å². The number of halogens is 1. The lowest BCUT2D eigenvalue weighted by atomic mass is 10.0. The minimum atomic E-state index is -0.650. The number of hydrogen-bond acceptors (Lipinski definition) is 5. The number of anilines is 1. The van der Waals surface area contributed by atoms with Gasteiger partial charge in [-0.2, -0.15) is 10.4 Å². The van der Waals surface area contributed by atoms with Crippen molar-refractivity contribution in [2.75, 3.05) is 18.4 Å². The molecular weight excluding hydrogens is 403 g/mol. The zero-order chi connectivity index (χ0) is 22.1. The average molecular weight is 426 g/mol. The summed E-state index contributed by atoms with van der Waals surface area (Å²) in [5.41, 5.74) is 2.06. The molecule has 162 valence electrons. The van der Waals surface area contributed by atoms with Crippen LogP contribution in [0.25, 0.3) is 0 Å². The lowest BCUT2D eigenvalue weighted by molar-refractivity contribution is 0.0867. The van der Waals surface area contributed by atoms with E-state index in [9.17, 15) is 19.1 Å². The number of urea groups is 1. The number of nitrogens with zero attached hydrogens (tertiary/aromatic N) is 4. The van der Waals surface area contributed by atoms with Crippen LogP contribution >= 0.6 is 0 Å². The Morgan fingerprint density at radius 1 is 1.52 bits per heavy atom. The summed E-state index contributed by atoms with van der Waals surface area (Å²) in [6, 6.07) is 5.14. The van der Waals surface area contributed by atoms with E-state index in [0.717, 1.165) is 11.8 Å². The van der Waals surface area contributed by atoms with Gasteiger partial charge in [-0.3, -0.25) is 9.48 Å². The molecule has 3 heterocycles. The Morgan fingerprint density at radius 2 is 2.32 bits per heavy atom. The molecule has 0 fully saturated rings. The summed E-state index contributed by atoms with van der Waals surface area (Å²) in [5.74, 6) is -1.05. The van der Waals surface area contributed by atoms with E-state index >= 15 is 0 Å². The summed E-state index contributed by atoms with van der Waals surface area (Å²) in [6.45, 7) is 3.29. The molecule has 10 heteroatoms. The molecule has 0 radical (unpaired) electrons. The number of rotatable bonds is 3. The molecule has 0 aliphatic carbocycles. The third kappa shape index (κ3) is 3.96. The summed E-state index contributed by atoms with van der Waals surface area (Å²) in [4.78, 5) is 27.0. The largest absolute Gasteiger partial charge is 0.393 e. The number of carbonyl (C=O) groups excluding carboxylic acids is 2. The fourth-order valence-corrected chi connectivity index (χ4v) is 4.06. The van der Waals surface area contributed by atoms with E-state index in [1.807, 2.05) is 6.92 Å². The van der Waals surface area contributed by atoms with Crippen molar-refractivity contribution in [2.45, 2.75) is 39.0 Å². The van der Waals surface area contributed by atoms with E-state index in [0.29, 0.717) is 49.4 Å². The highest BCUT2D eigenvalue weighted by Gasteiger charge is 2.34. The highest BCUT2D eigenvalue weighted by Crippen LogP contribution is 2.26. The topological polar surface area (TPSA) is 123 Å². The first kappa shape index (κ1) is 20.8. The SMILES string of the molecule is CCC(O)[C@@H]1CNC(=O)c2c3c(nn2C1)CCN(C(=O)Nc1ccc(F)c(C#N)c1)C3. The van der Waals surface area contributed by atoms with Crippen LogP contribution in [0.3, 0.4) is 0 Å². The van der Waals surface area contributed by atoms with E-state index in [-0.39, 0.29) is 23.9 Å². The van der Waals surface area contributed by atoms with Gasteiger partial charge in [0.1, 0.15) is 17.6 Å². The number of nitriles is 1. The van der Waals surface area contributed by atoms with Gasteiger partial charge in [0.05, 0.1) is 23.9 Å². The van der Waals surface area contributed by atoms with Gasteiger partial charge in [0, 0.05) is 43.2 Å². The van der Waals surface area contributed by atoms with Crippen LogP contribution in [0.4, 0.5) is 14.9 Å². The van der Waals surface area contributed by atoms with Crippen LogP contribution in [-0.4, -0.2) is 50.9 Å². The molecule has 0 saturated heterocycles. The summed E-state index contributed by atoms with van der Waals surface area (Å²) < 4.78 is 15.2. The molecule has 9 nitrogen and oxygen atoms in total. The van der Waals surface area contributed by atoms with Crippen LogP contribution in [0, 0.1) is 23.1 Å². The fraction of sp³-hybridized carbons (Fsp3) is 0.429. The quantitative estimate of drug-likeness (QED) is 0.688. The van der Waals surface area contributed by atoms with Gasteiger partial charge in [-0.1, -0.05) is 6.92 Å². The minimum Gasteiger partial charge on any atom is -0.393 e. The Bertz CT molecular complexity index is 1080. The van der Waals surface area contributed by atoms with Crippen molar-refractivity contribution < 1.29 is 19.1 Å². The highest BCUT2D eigenvalue weighted by molar-refractivity contribution is 5.95. The van der Waals surface area contributed by atoms with Gasteiger partial charge >= 0.3 is 6.03 Å². The monoisotopic (exact) mass is 426 g/mol. The van der Waals surface area contributed by atoms with E-state index in [2.05, 4.69) is 15.7 Å². The molecular formula is C21H23FN6O3. The molecule has 31 heavy (non-hydrogen) atoms. The maximum Gasteiger partial charge on any atom is 0.322 e. The van der Waals surface area contributed by atoms with Crippen molar-refractivity contribution in [1.82, 2.24) is 20.0 Å². The van der Waals surface area contributed by atoms with Crippen molar-refractivity contribution in [3.8, 4) is 6.07 Å². The van der Waals surface area contributed by atoms with Gasteiger partial charge in [-0.15, -0.1) is 0 Å². The van der Waals surface area contributed by atoms with E-state index in [1.165, 1.54) is 12.1 Å². The molecule has 2 aliphatic heterocycles. The van der Waals surface area contributed by atoms with Crippen molar-refractivity contribution in [1.29, 1.82) is 5.26 Å². The Kier molecular flexibility index (Phi) is 5.61. The number of amides is 3. The molecule has 0 saturated carbocycles. The predicted molar refractivity (Wildman–Crippen MR) is 109 cm³/mol. The lowest BCUT2D eigenvalue weighted by Gasteiger charge is -2.27. The molecule has 1 aromatic heterocycles. The molecule has 3 N–H and O–H groups in total. The zero-order valence-electron chi connectivity index (χ0n) is 17.1. The summed E-state index contributed by atoms with van der Waals surface area (Å²) in [6.07, 6.45) is 0.537. The number of fused-ring (bicyclic) bond motifs is 3. The van der Waals surface area contributed by atoms with Crippen LogP contribution in [0.5, 0.6) is 0 Å². The van der Waals surface area contributed by atoms with E-state index in [4.69, 9.17) is 5.26 Å². The number of hydrogen-bond donors (Lipinski definition) is 3. The molecule has 4 rings (SSSR count). The van der Waals surface area contributed by atoms with Gasteiger partial charge < -0.3 is 20.6 Å². The van der Waals surface area contributed by atoms with Crippen LogP contribution < -0.4 is 10.6 Å². The molecule has 0 spiro atoms. The summed E-state index contributed by atoms with van der Waals surface area (Å²) >= 11 is 0. The fourth-order valence-electron chi connectivity index (χ4n) is 4.06. The van der Waals surface area contributed by atoms with Crippen LogP contribution in [0.2, 0.25) is 0 Å². The van der Waals surface area contributed by atoms with E-state index in [1.54, 1.807) is 15.7 Å². The number of nitrogens with one attached hydrogen (secondary N) is 2.